The van der Waals surface area contributed by atoms with Crippen LogP contribution in [0.5, 0.6) is 0 Å². The standard InChI is InChI=1S/C18H16Cl2N4OS/c1-11(17(25)21-13-9-7-12(19)8-10-13)26-18-23-22-16(24(18)2)14-5-3-4-6-15(14)20/h3-11H,1-2H3,(H,21,25). The van der Waals surface area contributed by atoms with Crippen LogP contribution in [0, 0.1) is 0 Å². The molecular weight excluding hydrogens is 391 g/mol. The predicted octanol–water partition coefficient (Wildman–Crippen LogP) is 4.91. The molecule has 0 saturated carbocycles. The van der Waals surface area contributed by atoms with Gasteiger partial charge in [0.05, 0.1) is 10.3 Å². The third kappa shape index (κ3) is 4.20. The van der Waals surface area contributed by atoms with Crippen LogP contribution in [0.2, 0.25) is 10.0 Å². The average molecular weight is 407 g/mol. The molecule has 1 atom stereocenters. The molecule has 0 spiro atoms. The van der Waals surface area contributed by atoms with Gasteiger partial charge in [0.15, 0.2) is 11.0 Å². The largest absolute Gasteiger partial charge is 0.325 e. The molecule has 134 valence electrons. The summed E-state index contributed by atoms with van der Waals surface area (Å²) in [6, 6.07) is 14.4. The Morgan fingerprint density at radius 3 is 2.50 bits per heavy atom. The van der Waals surface area contributed by atoms with Crippen molar-refractivity contribution in [1.29, 1.82) is 0 Å². The average Bonchev–Trinajstić information content (AvgIpc) is 2.98. The number of hydrogen-bond acceptors (Lipinski definition) is 4. The minimum Gasteiger partial charge on any atom is -0.325 e. The van der Waals surface area contributed by atoms with Gasteiger partial charge in [0, 0.05) is 23.3 Å². The van der Waals surface area contributed by atoms with Gasteiger partial charge in [0.1, 0.15) is 0 Å². The van der Waals surface area contributed by atoms with Crippen LogP contribution in [0.15, 0.2) is 53.7 Å². The first-order chi connectivity index (χ1) is 12.5. The summed E-state index contributed by atoms with van der Waals surface area (Å²) in [4.78, 5) is 12.4. The van der Waals surface area contributed by atoms with Crippen LogP contribution in [-0.4, -0.2) is 25.9 Å². The van der Waals surface area contributed by atoms with Gasteiger partial charge < -0.3 is 9.88 Å². The Hall–Kier alpha value is -2.02. The van der Waals surface area contributed by atoms with Crippen molar-refractivity contribution < 1.29 is 4.79 Å². The van der Waals surface area contributed by atoms with E-state index in [1.165, 1.54) is 11.8 Å². The molecule has 3 aromatic rings. The first-order valence-electron chi connectivity index (χ1n) is 7.83. The normalized spacial score (nSPS) is 12.0. The van der Waals surface area contributed by atoms with E-state index in [2.05, 4.69) is 15.5 Å². The molecule has 0 saturated heterocycles. The first kappa shape index (κ1) is 18.8. The highest BCUT2D eigenvalue weighted by atomic mass is 35.5. The fourth-order valence-corrected chi connectivity index (χ4v) is 3.44. The van der Waals surface area contributed by atoms with Gasteiger partial charge in [0.2, 0.25) is 5.91 Å². The highest BCUT2D eigenvalue weighted by molar-refractivity contribution is 8.00. The van der Waals surface area contributed by atoms with E-state index in [9.17, 15) is 4.79 Å². The number of benzene rings is 2. The Labute approximate surface area is 165 Å². The van der Waals surface area contributed by atoms with Crippen LogP contribution in [0.25, 0.3) is 11.4 Å². The second kappa shape index (κ2) is 8.12. The topological polar surface area (TPSA) is 59.8 Å². The van der Waals surface area contributed by atoms with Crippen molar-refractivity contribution in [2.24, 2.45) is 7.05 Å². The van der Waals surface area contributed by atoms with Gasteiger partial charge in [-0.2, -0.15) is 0 Å². The summed E-state index contributed by atoms with van der Waals surface area (Å²) in [6.45, 7) is 1.82. The number of rotatable bonds is 5. The third-order valence-corrected chi connectivity index (χ3v) is 5.43. The predicted molar refractivity (Wildman–Crippen MR) is 107 cm³/mol. The van der Waals surface area contributed by atoms with Crippen molar-refractivity contribution in [2.75, 3.05) is 5.32 Å². The van der Waals surface area contributed by atoms with E-state index in [0.29, 0.717) is 26.7 Å². The first-order valence-corrected chi connectivity index (χ1v) is 9.46. The summed E-state index contributed by atoms with van der Waals surface area (Å²) in [5, 5.41) is 12.8. The second-order valence-corrected chi connectivity index (χ2v) is 7.75. The molecule has 1 N–H and O–H groups in total. The summed E-state index contributed by atoms with van der Waals surface area (Å²) < 4.78 is 1.83. The second-order valence-electron chi connectivity index (χ2n) is 5.60. The molecule has 0 radical (unpaired) electrons. The van der Waals surface area contributed by atoms with E-state index in [4.69, 9.17) is 23.2 Å². The van der Waals surface area contributed by atoms with Gasteiger partial charge >= 0.3 is 0 Å². The number of nitrogens with one attached hydrogen (secondary N) is 1. The zero-order chi connectivity index (χ0) is 18.7. The molecule has 2 aromatic carbocycles. The molecule has 1 amide bonds. The lowest BCUT2D eigenvalue weighted by Gasteiger charge is -2.12. The van der Waals surface area contributed by atoms with Crippen molar-refractivity contribution in [1.82, 2.24) is 14.8 Å². The Balaban J connectivity index is 1.71. The molecule has 0 aliphatic rings. The number of hydrogen-bond donors (Lipinski definition) is 1. The maximum atomic E-state index is 12.4. The number of thioether (sulfide) groups is 1. The van der Waals surface area contributed by atoms with Gasteiger partial charge in [-0.3, -0.25) is 4.79 Å². The molecule has 1 unspecified atom stereocenters. The van der Waals surface area contributed by atoms with Crippen molar-refractivity contribution in [3.63, 3.8) is 0 Å². The molecule has 8 heteroatoms. The lowest BCUT2D eigenvalue weighted by Crippen LogP contribution is -2.22. The maximum absolute atomic E-state index is 12.4. The van der Waals surface area contributed by atoms with Crippen molar-refractivity contribution in [2.45, 2.75) is 17.3 Å². The van der Waals surface area contributed by atoms with E-state index in [-0.39, 0.29) is 11.2 Å². The fraction of sp³-hybridized carbons (Fsp3) is 0.167. The summed E-state index contributed by atoms with van der Waals surface area (Å²) in [7, 11) is 1.85. The van der Waals surface area contributed by atoms with E-state index in [1.54, 1.807) is 30.3 Å². The smallest absolute Gasteiger partial charge is 0.237 e. The molecule has 0 aliphatic carbocycles. The molecule has 3 rings (SSSR count). The van der Waals surface area contributed by atoms with Crippen molar-refractivity contribution in [3.05, 3.63) is 58.6 Å². The van der Waals surface area contributed by atoms with Crippen LogP contribution in [0.4, 0.5) is 5.69 Å². The summed E-state index contributed by atoms with van der Waals surface area (Å²) in [5.41, 5.74) is 1.50. The van der Waals surface area contributed by atoms with E-state index >= 15 is 0 Å². The molecular formula is C18H16Cl2N4OS. The van der Waals surface area contributed by atoms with Gasteiger partial charge in [0.25, 0.3) is 0 Å². The molecule has 1 aromatic heterocycles. The third-order valence-electron chi connectivity index (χ3n) is 3.71. The summed E-state index contributed by atoms with van der Waals surface area (Å²) in [6.07, 6.45) is 0. The number of carbonyl (C=O) groups excluding carboxylic acids is 1. The number of anilines is 1. The molecule has 26 heavy (non-hydrogen) atoms. The van der Waals surface area contributed by atoms with Crippen LogP contribution < -0.4 is 5.32 Å². The Bertz CT molecular complexity index is 927. The SMILES string of the molecule is CC(Sc1nnc(-c2ccccc2Cl)n1C)C(=O)Nc1ccc(Cl)cc1. The van der Waals surface area contributed by atoms with Gasteiger partial charge in [-0.1, -0.05) is 47.1 Å². The molecule has 0 aliphatic heterocycles. The van der Waals surface area contributed by atoms with Crippen molar-refractivity contribution >= 4 is 46.6 Å². The van der Waals surface area contributed by atoms with Crippen LogP contribution in [-0.2, 0) is 11.8 Å². The van der Waals surface area contributed by atoms with Crippen LogP contribution >= 0.6 is 35.0 Å². The number of amides is 1. The fourth-order valence-electron chi connectivity index (χ4n) is 2.28. The van der Waals surface area contributed by atoms with Gasteiger partial charge in [-0.05, 0) is 43.3 Å². The van der Waals surface area contributed by atoms with E-state index < -0.39 is 0 Å². The minimum atomic E-state index is -0.354. The van der Waals surface area contributed by atoms with E-state index in [1.807, 2.05) is 36.7 Å². The zero-order valence-electron chi connectivity index (χ0n) is 14.1. The molecule has 5 nitrogen and oxygen atoms in total. The highest BCUT2D eigenvalue weighted by Crippen LogP contribution is 2.30. The Morgan fingerprint density at radius 1 is 1.12 bits per heavy atom. The van der Waals surface area contributed by atoms with E-state index in [0.717, 1.165) is 5.56 Å². The molecule has 0 fully saturated rings. The van der Waals surface area contributed by atoms with Crippen LogP contribution in [0.1, 0.15) is 6.92 Å². The Kier molecular flexibility index (Phi) is 5.86. The summed E-state index contributed by atoms with van der Waals surface area (Å²) >= 11 is 13.4. The summed E-state index contributed by atoms with van der Waals surface area (Å²) in [5.74, 6) is 0.531. The minimum absolute atomic E-state index is 0.125. The quantitative estimate of drug-likeness (QED) is 0.611. The number of nitrogens with zero attached hydrogens (tertiary/aromatic N) is 3. The molecule has 1 heterocycles. The highest BCUT2D eigenvalue weighted by Gasteiger charge is 2.20. The molecule has 0 bridgehead atoms. The zero-order valence-corrected chi connectivity index (χ0v) is 16.4. The van der Waals surface area contributed by atoms with Crippen LogP contribution in [0.3, 0.4) is 0 Å². The maximum Gasteiger partial charge on any atom is 0.237 e. The number of aromatic nitrogens is 3. The number of carbonyl (C=O) groups is 1. The lowest BCUT2D eigenvalue weighted by molar-refractivity contribution is -0.115. The van der Waals surface area contributed by atoms with Crippen molar-refractivity contribution in [3.8, 4) is 11.4 Å². The Morgan fingerprint density at radius 2 is 1.81 bits per heavy atom. The lowest BCUT2D eigenvalue weighted by atomic mass is 10.2. The number of halogens is 2. The van der Waals surface area contributed by atoms with Gasteiger partial charge in [-0.25, -0.2) is 0 Å². The monoisotopic (exact) mass is 406 g/mol. The van der Waals surface area contributed by atoms with Gasteiger partial charge in [-0.15, -0.1) is 10.2 Å².